The fourth-order valence-electron chi connectivity index (χ4n) is 1.43. The van der Waals surface area contributed by atoms with E-state index in [0.717, 1.165) is 6.07 Å². The van der Waals surface area contributed by atoms with Gasteiger partial charge in [0.15, 0.2) is 11.6 Å². The molecule has 3 nitrogen and oxygen atoms in total. The SMILES string of the molecule is CCNc1cccc(Oc2cccc(F)c2F)n1. The summed E-state index contributed by atoms with van der Waals surface area (Å²) in [6, 6.07) is 8.81. The molecule has 0 aliphatic heterocycles. The Balaban J connectivity index is 2.23. The summed E-state index contributed by atoms with van der Waals surface area (Å²) in [4.78, 5) is 4.11. The van der Waals surface area contributed by atoms with Crippen molar-refractivity contribution in [3.63, 3.8) is 0 Å². The van der Waals surface area contributed by atoms with Gasteiger partial charge in [-0.15, -0.1) is 0 Å². The molecular weight excluding hydrogens is 238 g/mol. The summed E-state index contributed by atoms with van der Waals surface area (Å²) in [5, 5.41) is 3.00. The predicted molar refractivity (Wildman–Crippen MR) is 64.8 cm³/mol. The third-order valence-corrected chi connectivity index (χ3v) is 2.21. The van der Waals surface area contributed by atoms with Crippen molar-refractivity contribution in [2.45, 2.75) is 6.92 Å². The Morgan fingerprint density at radius 1 is 1.17 bits per heavy atom. The first-order valence-corrected chi connectivity index (χ1v) is 5.53. The molecule has 2 rings (SSSR count). The monoisotopic (exact) mass is 250 g/mol. The van der Waals surface area contributed by atoms with Gasteiger partial charge in [0, 0.05) is 12.6 Å². The number of ether oxygens (including phenoxy) is 1. The smallest absolute Gasteiger partial charge is 0.221 e. The van der Waals surface area contributed by atoms with E-state index in [1.807, 2.05) is 6.92 Å². The molecule has 1 N–H and O–H groups in total. The van der Waals surface area contributed by atoms with Crippen LogP contribution in [0.2, 0.25) is 0 Å². The zero-order chi connectivity index (χ0) is 13.0. The van der Waals surface area contributed by atoms with E-state index < -0.39 is 11.6 Å². The molecule has 94 valence electrons. The average Bonchev–Trinajstić information content (AvgIpc) is 2.36. The third kappa shape index (κ3) is 2.74. The lowest BCUT2D eigenvalue weighted by Crippen LogP contribution is -2.00. The Morgan fingerprint density at radius 3 is 2.72 bits per heavy atom. The fourth-order valence-corrected chi connectivity index (χ4v) is 1.43. The molecule has 1 aromatic carbocycles. The highest BCUT2D eigenvalue weighted by Gasteiger charge is 2.10. The molecule has 0 fully saturated rings. The zero-order valence-corrected chi connectivity index (χ0v) is 9.78. The van der Waals surface area contributed by atoms with Crippen LogP contribution in [0, 0.1) is 11.6 Å². The minimum Gasteiger partial charge on any atom is -0.436 e. The Hall–Kier alpha value is -2.17. The van der Waals surface area contributed by atoms with E-state index in [-0.39, 0.29) is 11.6 Å². The van der Waals surface area contributed by atoms with Crippen molar-refractivity contribution in [3.8, 4) is 11.6 Å². The Morgan fingerprint density at radius 2 is 1.94 bits per heavy atom. The van der Waals surface area contributed by atoms with Crippen LogP contribution in [0.3, 0.4) is 0 Å². The molecule has 0 saturated carbocycles. The van der Waals surface area contributed by atoms with Crippen LogP contribution in [0.5, 0.6) is 11.6 Å². The molecular formula is C13H12F2N2O. The van der Waals surface area contributed by atoms with Crippen molar-refractivity contribution < 1.29 is 13.5 Å². The van der Waals surface area contributed by atoms with Crippen LogP contribution in [0.15, 0.2) is 36.4 Å². The average molecular weight is 250 g/mol. The number of benzene rings is 1. The van der Waals surface area contributed by atoms with Crippen molar-refractivity contribution in [1.82, 2.24) is 4.98 Å². The lowest BCUT2D eigenvalue weighted by Gasteiger charge is -2.08. The van der Waals surface area contributed by atoms with Gasteiger partial charge >= 0.3 is 0 Å². The minimum absolute atomic E-state index is 0.184. The first-order valence-electron chi connectivity index (χ1n) is 5.53. The van der Waals surface area contributed by atoms with Crippen LogP contribution in [-0.4, -0.2) is 11.5 Å². The van der Waals surface area contributed by atoms with Gasteiger partial charge in [0.2, 0.25) is 11.7 Å². The second-order valence-electron chi connectivity index (χ2n) is 3.55. The highest BCUT2D eigenvalue weighted by atomic mass is 19.2. The van der Waals surface area contributed by atoms with E-state index in [2.05, 4.69) is 10.3 Å². The molecule has 0 aliphatic carbocycles. The summed E-state index contributed by atoms with van der Waals surface area (Å²) >= 11 is 0. The molecule has 1 aromatic heterocycles. The number of nitrogens with zero attached hydrogens (tertiary/aromatic N) is 1. The van der Waals surface area contributed by atoms with Crippen LogP contribution >= 0.6 is 0 Å². The van der Waals surface area contributed by atoms with E-state index in [4.69, 9.17) is 4.74 Å². The van der Waals surface area contributed by atoms with Gasteiger partial charge in [0.1, 0.15) is 5.82 Å². The van der Waals surface area contributed by atoms with Crippen molar-refractivity contribution in [2.24, 2.45) is 0 Å². The summed E-state index contributed by atoms with van der Waals surface area (Å²) in [5.74, 6) is -1.33. The molecule has 0 spiro atoms. The van der Waals surface area contributed by atoms with Crippen molar-refractivity contribution in [3.05, 3.63) is 48.0 Å². The summed E-state index contributed by atoms with van der Waals surface area (Å²) in [6.07, 6.45) is 0. The van der Waals surface area contributed by atoms with Crippen LogP contribution in [-0.2, 0) is 0 Å². The van der Waals surface area contributed by atoms with Gasteiger partial charge in [-0.05, 0) is 25.1 Å². The van der Waals surface area contributed by atoms with Gasteiger partial charge in [0.25, 0.3) is 0 Å². The molecule has 0 unspecified atom stereocenters. The minimum atomic E-state index is -1.02. The molecule has 1 heterocycles. The van der Waals surface area contributed by atoms with Gasteiger partial charge in [-0.2, -0.15) is 9.37 Å². The topological polar surface area (TPSA) is 34.1 Å². The molecule has 0 aliphatic rings. The highest BCUT2D eigenvalue weighted by molar-refractivity contribution is 5.38. The zero-order valence-electron chi connectivity index (χ0n) is 9.78. The molecule has 2 aromatic rings. The second kappa shape index (κ2) is 5.44. The fraction of sp³-hybridized carbons (Fsp3) is 0.154. The summed E-state index contributed by atoms with van der Waals surface area (Å²) < 4.78 is 31.6. The standard InChI is InChI=1S/C13H12F2N2O/c1-2-16-11-7-4-8-12(17-11)18-10-6-3-5-9(14)13(10)15/h3-8H,2H2,1H3,(H,16,17). The largest absolute Gasteiger partial charge is 0.436 e. The van der Waals surface area contributed by atoms with Crippen molar-refractivity contribution in [1.29, 1.82) is 0 Å². The lowest BCUT2D eigenvalue weighted by atomic mass is 10.3. The summed E-state index contributed by atoms with van der Waals surface area (Å²) in [6.45, 7) is 2.65. The second-order valence-corrected chi connectivity index (χ2v) is 3.55. The number of aromatic nitrogens is 1. The van der Waals surface area contributed by atoms with Crippen LogP contribution in [0.1, 0.15) is 6.92 Å². The summed E-state index contributed by atoms with van der Waals surface area (Å²) in [7, 11) is 0. The van der Waals surface area contributed by atoms with E-state index in [1.54, 1.807) is 18.2 Å². The van der Waals surface area contributed by atoms with Gasteiger partial charge < -0.3 is 10.1 Å². The molecule has 18 heavy (non-hydrogen) atoms. The van der Waals surface area contributed by atoms with Gasteiger partial charge in [-0.25, -0.2) is 4.39 Å². The quantitative estimate of drug-likeness (QED) is 0.900. The normalized spacial score (nSPS) is 10.2. The Kier molecular flexibility index (Phi) is 3.72. The van der Waals surface area contributed by atoms with E-state index >= 15 is 0 Å². The maximum absolute atomic E-state index is 13.4. The number of nitrogens with one attached hydrogen (secondary N) is 1. The molecule has 0 bridgehead atoms. The van der Waals surface area contributed by atoms with Crippen LogP contribution < -0.4 is 10.1 Å². The third-order valence-electron chi connectivity index (χ3n) is 2.21. The number of hydrogen-bond acceptors (Lipinski definition) is 3. The molecule has 0 amide bonds. The maximum Gasteiger partial charge on any atom is 0.221 e. The number of hydrogen-bond donors (Lipinski definition) is 1. The number of pyridine rings is 1. The molecule has 0 atom stereocenters. The highest BCUT2D eigenvalue weighted by Crippen LogP contribution is 2.25. The van der Waals surface area contributed by atoms with Crippen LogP contribution in [0.25, 0.3) is 0 Å². The number of halogens is 2. The van der Waals surface area contributed by atoms with E-state index in [1.165, 1.54) is 12.1 Å². The van der Waals surface area contributed by atoms with Gasteiger partial charge in [0.05, 0.1) is 0 Å². The molecule has 0 saturated heterocycles. The van der Waals surface area contributed by atoms with Crippen LogP contribution in [0.4, 0.5) is 14.6 Å². The van der Waals surface area contributed by atoms with Crippen molar-refractivity contribution >= 4 is 5.82 Å². The Labute approximate surface area is 103 Å². The lowest BCUT2D eigenvalue weighted by molar-refractivity contribution is 0.406. The van der Waals surface area contributed by atoms with E-state index in [0.29, 0.717) is 12.4 Å². The first-order chi connectivity index (χ1) is 8.70. The van der Waals surface area contributed by atoms with Gasteiger partial charge in [-0.3, -0.25) is 0 Å². The maximum atomic E-state index is 13.4. The number of anilines is 1. The number of rotatable bonds is 4. The van der Waals surface area contributed by atoms with E-state index in [9.17, 15) is 8.78 Å². The predicted octanol–water partition coefficient (Wildman–Crippen LogP) is 3.58. The van der Waals surface area contributed by atoms with Crippen molar-refractivity contribution in [2.75, 3.05) is 11.9 Å². The molecule has 0 radical (unpaired) electrons. The van der Waals surface area contributed by atoms with Gasteiger partial charge in [-0.1, -0.05) is 12.1 Å². The Bertz CT molecular complexity index is 546. The molecule has 5 heteroatoms. The first kappa shape index (κ1) is 12.3. The summed E-state index contributed by atoms with van der Waals surface area (Å²) in [5.41, 5.74) is 0.